The molecule has 0 aromatic carbocycles. The van der Waals surface area contributed by atoms with Gasteiger partial charge in [-0.2, -0.15) is 0 Å². The second kappa shape index (κ2) is 4.61. The van der Waals surface area contributed by atoms with Crippen molar-refractivity contribution < 1.29 is 5.11 Å². The molecule has 2 aromatic rings. The lowest BCUT2D eigenvalue weighted by Crippen LogP contribution is -2.06. The SMILES string of the molecule is Cc1nccn1CCn1ccc(C(O)C2CC2)c1. The minimum atomic E-state index is -0.263. The summed E-state index contributed by atoms with van der Waals surface area (Å²) in [5, 5.41) is 10.0. The van der Waals surface area contributed by atoms with Gasteiger partial charge in [0.05, 0.1) is 6.10 Å². The maximum atomic E-state index is 10.0. The number of aliphatic hydroxyl groups is 1. The standard InChI is InChI=1S/C14H19N3O/c1-11-15-5-7-17(11)9-8-16-6-4-13(10-16)14(18)12-2-3-12/h4-7,10,12,14,18H,2-3,8-9H2,1H3. The van der Waals surface area contributed by atoms with Crippen LogP contribution in [0, 0.1) is 12.8 Å². The topological polar surface area (TPSA) is 43.0 Å². The second-order valence-electron chi connectivity index (χ2n) is 5.13. The van der Waals surface area contributed by atoms with Crippen LogP contribution >= 0.6 is 0 Å². The highest BCUT2D eigenvalue weighted by atomic mass is 16.3. The first kappa shape index (κ1) is 11.5. The second-order valence-corrected chi connectivity index (χ2v) is 5.13. The third-order valence-electron chi connectivity index (χ3n) is 3.71. The minimum Gasteiger partial charge on any atom is -0.388 e. The van der Waals surface area contributed by atoms with Gasteiger partial charge in [-0.3, -0.25) is 0 Å². The smallest absolute Gasteiger partial charge is 0.105 e. The van der Waals surface area contributed by atoms with Gasteiger partial charge in [-0.25, -0.2) is 4.98 Å². The third kappa shape index (κ3) is 2.34. The molecule has 0 bridgehead atoms. The molecule has 1 atom stereocenters. The normalized spacial score (nSPS) is 17.0. The number of hydrogen-bond acceptors (Lipinski definition) is 2. The van der Waals surface area contributed by atoms with Gasteiger partial charge in [-0.15, -0.1) is 0 Å². The lowest BCUT2D eigenvalue weighted by Gasteiger charge is -2.07. The van der Waals surface area contributed by atoms with Crippen molar-refractivity contribution in [1.82, 2.24) is 14.1 Å². The van der Waals surface area contributed by atoms with E-state index < -0.39 is 0 Å². The van der Waals surface area contributed by atoms with E-state index in [2.05, 4.69) is 20.3 Å². The summed E-state index contributed by atoms with van der Waals surface area (Å²) in [5.74, 6) is 1.54. The lowest BCUT2D eigenvalue weighted by atomic mass is 10.1. The van der Waals surface area contributed by atoms with Crippen molar-refractivity contribution in [2.75, 3.05) is 0 Å². The highest BCUT2D eigenvalue weighted by Gasteiger charge is 2.31. The Kier molecular flexibility index (Phi) is 2.96. The Labute approximate surface area is 107 Å². The molecule has 4 nitrogen and oxygen atoms in total. The Hall–Kier alpha value is -1.55. The van der Waals surface area contributed by atoms with Gasteiger partial charge >= 0.3 is 0 Å². The Balaban J connectivity index is 1.61. The van der Waals surface area contributed by atoms with Crippen molar-refractivity contribution >= 4 is 0 Å². The number of hydrogen-bond donors (Lipinski definition) is 1. The number of imidazole rings is 1. The van der Waals surface area contributed by atoms with Crippen molar-refractivity contribution in [1.29, 1.82) is 0 Å². The van der Waals surface area contributed by atoms with Gasteiger partial charge in [0.1, 0.15) is 5.82 Å². The van der Waals surface area contributed by atoms with Crippen LogP contribution in [-0.4, -0.2) is 19.2 Å². The highest BCUT2D eigenvalue weighted by molar-refractivity contribution is 5.16. The summed E-state index contributed by atoms with van der Waals surface area (Å²) in [7, 11) is 0. The van der Waals surface area contributed by atoms with Crippen molar-refractivity contribution in [2.24, 2.45) is 5.92 Å². The van der Waals surface area contributed by atoms with Gasteiger partial charge in [0.2, 0.25) is 0 Å². The number of rotatable bonds is 5. The molecule has 2 heterocycles. The fourth-order valence-corrected chi connectivity index (χ4v) is 2.32. The molecule has 0 spiro atoms. The summed E-state index contributed by atoms with van der Waals surface area (Å²) in [4.78, 5) is 4.21. The van der Waals surface area contributed by atoms with E-state index in [1.807, 2.05) is 31.6 Å². The lowest BCUT2D eigenvalue weighted by molar-refractivity contribution is 0.154. The maximum Gasteiger partial charge on any atom is 0.105 e. The number of aliphatic hydroxyl groups excluding tert-OH is 1. The van der Waals surface area contributed by atoms with E-state index in [0.29, 0.717) is 5.92 Å². The van der Waals surface area contributed by atoms with Crippen molar-refractivity contribution in [3.05, 3.63) is 42.2 Å². The average molecular weight is 245 g/mol. The Morgan fingerprint density at radius 2 is 2.22 bits per heavy atom. The first-order valence-corrected chi connectivity index (χ1v) is 6.55. The van der Waals surface area contributed by atoms with Gasteiger partial charge in [-0.05, 0) is 37.3 Å². The van der Waals surface area contributed by atoms with Crippen LogP contribution < -0.4 is 0 Å². The summed E-state index contributed by atoms with van der Waals surface area (Å²) in [6, 6.07) is 2.03. The van der Waals surface area contributed by atoms with Crippen LogP contribution in [0.25, 0.3) is 0 Å². The fraction of sp³-hybridized carbons (Fsp3) is 0.500. The number of nitrogens with zero attached hydrogens (tertiary/aromatic N) is 3. The molecule has 0 radical (unpaired) electrons. The van der Waals surface area contributed by atoms with E-state index in [9.17, 15) is 5.11 Å². The zero-order chi connectivity index (χ0) is 12.5. The number of aryl methyl sites for hydroxylation is 3. The summed E-state index contributed by atoms with van der Waals surface area (Å²) in [6.45, 7) is 3.84. The van der Waals surface area contributed by atoms with Crippen LogP contribution in [0.5, 0.6) is 0 Å². The Bertz CT molecular complexity index is 525. The molecule has 18 heavy (non-hydrogen) atoms. The van der Waals surface area contributed by atoms with Crippen LogP contribution in [0.4, 0.5) is 0 Å². The van der Waals surface area contributed by atoms with E-state index in [-0.39, 0.29) is 6.10 Å². The van der Waals surface area contributed by atoms with Crippen LogP contribution in [-0.2, 0) is 13.1 Å². The quantitative estimate of drug-likeness (QED) is 0.877. The van der Waals surface area contributed by atoms with E-state index in [0.717, 1.165) is 24.5 Å². The monoisotopic (exact) mass is 245 g/mol. The molecule has 3 rings (SSSR count). The van der Waals surface area contributed by atoms with Crippen LogP contribution in [0.1, 0.15) is 30.3 Å². The Morgan fingerprint density at radius 1 is 1.39 bits per heavy atom. The van der Waals surface area contributed by atoms with Crippen molar-refractivity contribution in [2.45, 2.75) is 39.0 Å². The minimum absolute atomic E-state index is 0.263. The summed E-state index contributed by atoms with van der Waals surface area (Å²) < 4.78 is 4.28. The summed E-state index contributed by atoms with van der Waals surface area (Å²) in [6.07, 6.45) is 10.0. The van der Waals surface area contributed by atoms with Crippen LogP contribution in [0.3, 0.4) is 0 Å². The molecular formula is C14H19N3O. The molecule has 0 aliphatic heterocycles. The zero-order valence-corrected chi connectivity index (χ0v) is 10.7. The van der Waals surface area contributed by atoms with E-state index in [1.54, 1.807) is 0 Å². The van der Waals surface area contributed by atoms with Gasteiger partial charge in [0.25, 0.3) is 0 Å². The van der Waals surface area contributed by atoms with Gasteiger partial charge < -0.3 is 14.2 Å². The van der Waals surface area contributed by atoms with E-state index in [4.69, 9.17) is 0 Å². The maximum absolute atomic E-state index is 10.0. The van der Waals surface area contributed by atoms with E-state index >= 15 is 0 Å². The molecule has 1 fully saturated rings. The van der Waals surface area contributed by atoms with Gasteiger partial charge in [0.15, 0.2) is 0 Å². The summed E-state index contributed by atoms with van der Waals surface area (Å²) in [5.41, 5.74) is 1.06. The molecule has 1 unspecified atom stereocenters. The molecule has 0 saturated heterocycles. The molecular weight excluding hydrogens is 226 g/mol. The Morgan fingerprint density at radius 3 is 2.89 bits per heavy atom. The predicted octanol–water partition coefficient (Wildman–Crippen LogP) is 2.14. The first-order chi connectivity index (χ1) is 8.74. The van der Waals surface area contributed by atoms with Crippen LogP contribution in [0.2, 0.25) is 0 Å². The zero-order valence-electron chi connectivity index (χ0n) is 10.7. The van der Waals surface area contributed by atoms with Gasteiger partial charge in [0, 0.05) is 37.9 Å². The molecule has 1 N–H and O–H groups in total. The molecule has 96 valence electrons. The molecule has 1 saturated carbocycles. The van der Waals surface area contributed by atoms with Crippen molar-refractivity contribution in [3.63, 3.8) is 0 Å². The molecule has 1 aliphatic rings. The third-order valence-corrected chi connectivity index (χ3v) is 3.71. The van der Waals surface area contributed by atoms with E-state index in [1.165, 1.54) is 12.8 Å². The predicted molar refractivity (Wildman–Crippen MR) is 69.1 cm³/mol. The average Bonchev–Trinajstić information content (AvgIpc) is 2.97. The fourth-order valence-electron chi connectivity index (χ4n) is 2.32. The largest absolute Gasteiger partial charge is 0.388 e. The molecule has 1 aliphatic carbocycles. The van der Waals surface area contributed by atoms with Crippen molar-refractivity contribution in [3.8, 4) is 0 Å². The number of aromatic nitrogens is 3. The van der Waals surface area contributed by atoms with Gasteiger partial charge in [-0.1, -0.05) is 0 Å². The molecule has 2 aromatic heterocycles. The highest BCUT2D eigenvalue weighted by Crippen LogP contribution is 2.40. The van der Waals surface area contributed by atoms with Crippen LogP contribution in [0.15, 0.2) is 30.9 Å². The molecule has 4 heteroatoms. The first-order valence-electron chi connectivity index (χ1n) is 6.55. The summed E-state index contributed by atoms with van der Waals surface area (Å²) >= 11 is 0. The molecule has 0 amide bonds.